The summed E-state index contributed by atoms with van der Waals surface area (Å²) >= 11 is 0. The molecule has 0 aromatic heterocycles. The van der Waals surface area contributed by atoms with Crippen LogP contribution in [0.3, 0.4) is 0 Å². The first-order chi connectivity index (χ1) is 8.29. The van der Waals surface area contributed by atoms with Gasteiger partial charge in [-0.25, -0.2) is 0 Å². The summed E-state index contributed by atoms with van der Waals surface area (Å²) in [7, 11) is 0. The molecule has 3 aliphatic rings. The van der Waals surface area contributed by atoms with Crippen molar-refractivity contribution in [1.29, 1.82) is 0 Å². The van der Waals surface area contributed by atoms with Crippen LogP contribution in [-0.4, -0.2) is 0 Å². The number of rotatable bonds is 0. The van der Waals surface area contributed by atoms with E-state index in [0.29, 0.717) is 5.41 Å². The second-order valence-electron chi connectivity index (χ2n) is 6.08. The molecule has 0 amide bonds. The number of hydrogen-bond donors (Lipinski definition) is 1. The molecule has 3 aliphatic carbocycles. The zero-order chi connectivity index (χ0) is 11.5. The fourth-order valence-corrected chi connectivity index (χ4v) is 4.68. The standard InChI is InChI=1S/C16H19N/c17-14-5-1-3-12-4-2-8-16(15(12)14)10-11-6-7-13(16)9-11/h1,3,5-7,11,13H,2,4,8-10,17H2. The maximum atomic E-state index is 6.30. The van der Waals surface area contributed by atoms with Crippen molar-refractivity contribution in [2.24, 2.45) is 11.8 Å². The van der Waals surface area contributed by atoms with Crippen molar-refractivity contribution in [2.45, 2.75) is 37.5 Å². The monoisotopic (exact) mass is 225 g/mol. The van der Waals surface area contributed by atoms with E-state index >= 15 is 0 Å². The van der Waals surface area contributed by atoms with Crippen molar-refractivity contribution in [3.05, 3.63) is 41.5 Å². The third-order valence-electron chi connectivity index (χ3n) is 5.26. The van der Waals surface area contributed by atoms with E-state index in [1.165, 1.54) is 43.2 Å². The normalized spacial score (nSPS) is 37.6. The van der Waals surface area contributed by atoms with E-state index in [-0.39, 0.29) is 0 Å². The van der Waals surface area contributed by atoms with Crippen LogP contribution in [0, 0.1) is 11.8 Å². The fourth-order valence-electron chi connectivity index (χ4n) is 4.68. The number of aryl methyl sites for hydroxylation is 1. The lowest BCUT2D eigenvalue weighted by Gasteiger charge is -2.42. The molecule has 2 bridgehead atoms. The van der Waals surface area contributed by atoms with Crippen LogP contribution in [0.4, 0.5) is 5.69 Å². The number of benzene rings is 1. The van der Waals surface area contributed by atoms with Gasteiger partial charge in [0.05, 0.1) is 0 Å². The number of anilines is 1. The molecule has 0 aliphatic heterocycles. The molecule has 1 nitrogen and oxygen atoms in total. The topological polar surface area (TPSA) is 26.0 Å². The van der Waals surface area contributed by atoms with Crippen molar-refractivity contribution >= 4 is 5.69 Å². The molecule has 1 fully saturated rings. The van der Waals surface area contributed by atoms with Gasteiger partial charge >= 0.3 is 0 Å². The Hall–Kier alpha value is -1.24. The molecule has 1 aromatic carbocycles. The molecule has 3 atom stereocenters. The lowest BCUT2D eigenvalue weighted by Crippen LogP contribution is -2.35. The van der Waals surface area contributed by atoms with Gasteiger partial charge in [0.25, 0.3) is 0 Å². The first-order valence-corrected chi connectivity index (χ1v) is 6.86. The van der Waals surface area contributed by atoms with Crippen molar-refractivity contribution in [3.63, 3.8) is 0 Å². The van der Waals surface area contributed by atoms with Gasteiger partial charge in [-0.15, -0.1) is 0 Å². The molecule has 0 heterocycles. The Bertz CT molecular complexity index is 502. The van der Waals surface area contributed by atoms with Gasteiger partial charge in [-0.2, -0.15) is 0 Å². The Balaban J connectivity index is 1.94. The summed E-state index contributed by atoms with van der Waals surface area (Å²) in [4.78, 5) is 0. The molecule has 3 unspecified atom stereocenters. The van der Waals surface area contributed by atoms with Gasteiger partial charge < -0.3 is 5.73 Å². The quantitative estimate of drug-likeness (QED) is 0.531. The van der Waals surface area contributed by atoms with Gasteiger partial charge in [0.15, 0.2) is 0 Å². The van der Waals surface area contributed by atoms with Gasteiger partial charge in [0.2, 0.25) is 0 Å². The number of fused-ring (bicyclic) bond motifs is 5. The van der Waals surface area contributed by atoms with E-state index in [1.807, 2.05) is 0 Å². The highest BCUT2D eigenvalue weighted by Gasteiger charge is 2.51. The van der Waals surface area contributed by atoms with Crippen molar-refractivity contribution in [2.75, 3.05) is 5.73 Å². The van der Waals surface area contributed by atoms with Gasteiger partial charge in [0, 0.05) is 11.1 Å². The molecule has 1 heteroatoms. The molecule has 4 rings (SSSR count). The highest BCUT2D eigenvalue weighted by atomic mass is 14.6. The Morgan fingerprint density at radius 3 is 2.94 bits per heavy atom. The Kier molecular flexibility index (Phi) is 1.81. The second kappa shape index (κ2) is 3.16. The molecule has 1 aromatic rings. The van der Waals surface area contributed by atoms with Crippen LogP contribution >= 0.6 is 0 Å². The van der Waals surface area contributed by atoms with Crippen LogP contribution in [0.25, 0.3) is 0 Å². The first kappa shape index (κ1) is 9.76. The SMILES string of the molecule is Nc1cccc2c1C1(CCC2)CC2C=CC1C2. The van der Waals surface area contributed by atoms with Gasteiger partial charge in [-0.3, -0.25) is 0 Å². The minimum Gasteiger partial charge on any atom is -0.398 e. The molecule has 17 heavy (non-hydrogen) atoms. The fraction of sp³-hybridized carbons (Fsp3) is 0.500. The average Bonchev–Trinajstić information content (AvgIpc) is 2.90. The summed E-state index contributed by atoms with van der Waals surface area (Å²) < 4.78 is 0. The minimum atomic E-state index is 0.401. The van der Waals surface area contributed by atoms with Gasteiger partial charge in [0.1, 0.15) is 0 Å². The van der Waals surface area contributed by atoms with Crippen LogP contribution in [-0.2, 0) is 11.8 Å². The Morgan fingerprint density at radius 2 is 2.18 bits per heavy atom. The summed E-state index contributed by atoms with van der Waals surface area (Å²) in [6.07, 6.45) is 11.5. The molecule has 1 saturated carbocycles. The van der Waals surface area contributed by atoms with Gasteiger partial charge in [-0.05, 0) is 61.1 Å². The Labute approximate surface area is 103 Å². The van der Waals surface area contributed by atoms with Crippen molar-refractivity contribution < 1.29 is 0 Å². The van der Waals surface area contributed by atoms with Crippen LogP contribution in [0.1, 0.15) is 36.8 Å². The summed E-state index contributed by atoms with van der Waals surface area (Å²) in [5.74, 6) is 1.59. The van der Waals surface area contributed by atoms with Crippen molar-refractivity contribution in [3.8, 4) is 0 Å². The Morgan fingerprint density at radius 1 is 1.24 bits per heavy atom. The van der Waals surface area contributed by atoms with Crippen LogP contribution < -0.4 is 5.73 Å². The summed E-state index contributed by atoms with van der Waals surface area (Å²) in [5.41, 5.74) is 10.8. The lowest BCUT2D eigenvalue weighted by molar-refractivity contribution is 0.305. The largest absolute Gasteiger partial charge is 0.398 e. The second-order valence-corrected chi connectivity index (χ2v) is 6.08. The molecule has 2 N–H and O–H groups in total. The van der Waals surface area contributed by atoms with Gasteiger partial charge in [-0.1, -0.05) is 24.3 Å². The number of nitrogens with two attached hydrogens (primary N) is 1. The maximum absolute atomic E-state index is 6.30. The number of nitrogen functional groups attached to an aromatic ring is 1. The van der Waals surface area contributed by atoms with E-state index in [2.05, 4.69) is 30.4 Å². The lowest BCUT2D eigenvalue weighted by atomic mass is 9.62. The number of hydrogen-bond acceptors (Lipinski definition) is 1. The summed E-state index contributed by atoms with van der Waals surface area (Å²) in [6.45, 7) is 0. The zero-order valence-corrected chi connectivity index (χ0v) is 10.2. The van der Waals surface area contributed by atoms with E-state index in [9.17, 15) is 0 Å². The summed E-state index contributed by atoms with van der Waals surface area (Å²) in [6, 6.07) is 6.51. The predicted octanol–water partition coefficient (Wildman–Crippen LogP) is 3.44. The van der Waals surface area contributed by atoms with Crippen LogP contribution in [0.5, 0.6) is 0 Å². The van der Waals surface area contributed by atoms with E-state index < -0.39 is 0 Å². The average molecular weight is 225 g/mol. The van der Waals surface area contributed by atoms with Crippen LogP contribution in [0.2, 0.25) is 0 Å². The van der Waals surface area contributed by atoms with E-state index in [0.717, 1.165) is 17.5 Å². The number of allylic oxidation sites excluding steroid dienone is 2. The zero-order valence-electron chi connectivity index (χ0n) is 10.2. The smallest absolute Gasteiger partial charge is 0.0355 e. The maximum Gasteiger partial charge on any atom is 0.0355 e. The van der Waals surface area contributed by atoms with E-state index in [4.69, 9.17) is 5.73 Å². The van der Waals surface area contributed by atoms with Crippen LogP contribution in [0.15, 0.2) is 30.4 Å². The summed E-state index contributed by atoms with van der Waals surface area (Å²) in [5, 5.41) is 0. The molecule has 0 saturated heterocycles. The van der Waals surface area contributed by atoms with Crippen molar-refractivity contribution in [1.82, 2.24) is 0 Å². The minimum absolute atomic E-state index is 0.401. The third-order valence-corrected chi connectivity index (χ3v) is 5.26. The molecular weight excluding hydrogens is 206 g/mol. The first-order valence-electron chi connectivity index (χ1n) is 6.86. The molecular formula is C16H19N. The van der Waals surface area contributed by atoms with E-state index in [1.54, 1.807) is 0 Å². The molecule has 0 radical (unpaired) electrons. The molecule has 1 spiro atoms. The molecule has 88 valence electrons. The highest BCUT2D eigenvalue weighted by Crippen LogP contribution is 2.59. The third kappa shape index (κ3) is 1.15. The highest BCUT2D eigenvalue weighted by molar-refractivity contribution is 5.58. The predicted molar refractivity (Wildman–Crippen MR) is 70.8 cm³/mol.